The van der Waals surface area contributed by atoms with Crippen LogP contribution in [0.2, 0.25) is 0 Å². The second-order valence-corrected chi connectivity index (χ2v) is 4.81. The molecule has 0 radical (unpaired) electrons. The number of ether oxygens (including phenoxy) is 3. The van der Waals surface area contributed by atoms with Crippen molar-refractivity contribution in [2.45, 2.75) is 13.0 Å². The van der Waals surface area contributed by atoms with Crippen LogP contribution >= 0.6 is 0 Å². The highest BCUT2D eigenvalue weighted by Gasteiger charge is 2.00. The molecule has 0 aliphatic carbocycles. The summed E-state index contributed by atoms with van der Waals surface area (Å²) in [6.45, 7) is 4.54. The van der Waals surface area contributed by atoms with Crippen LogP contribution in [0.3, 0.4) is 0 Å². The molecule has 4 heteroatoms. The van der Waals surface area contributed by atoms with Crippen LogP contribution in [0.1, 0.15) is 12.0 Å². The van der Waals surface area contributed by atoms with Gasteiger partial charge in [-0.05, 0) is 29.8 Å². The molecule has 0 spiro atoms. The first-order chi connectivity index (χ1) is 11.3. The Balaban J connectivity index is 1.70. The maximum absolute atomic E-state index is 11.1. The first-order valence-corrected chi connectivity index (χ1v) is 7.44. The standard InChI is InChI=1S/C19H20O4/c1-2-6-19(20)22-14-13-21-17-9-11-18(12-10-17)23-15-16-7-4-3-5-8-16/h2-5,7-12H,1,6,13-15H2. The Kier molecular flexibility index (Phi) is 6.72. The molecule has 0 atom stereocenters. The molecule has 0 unspecified atom stereocenters. The summed E-state index contributed by atoms with van der Waals surface area (Å²) in [7, 11) is 0. The molecule has 0 heterocycles. The van der Waals surface area contributed by atoms with Crippen molar-refractivity contribution in [2.24, 2.45) is 0 Å². The Labute approximate surface area is 136 Å². The Morgan fingerprint density at radius 2 is 1.57 bits per heavy atom. The smallest absolute Gasteiger partial charge is 0.309 e. The molecule has 0 saturated heterocycles. The maximum atomic E-state index is 11.1. The van der Waals surface area contributed by atoms with Crippen LogP contribution in [-0.2, 0) is 16.1 Å². The monoisotopic (exact) mass is 312 g/mol. The van der Waals surface area contributed by atoms with E-state index in [0.717, 1.165) is 11.3 Å². The van der Waals surface area contributed by atoms with Gasteiger partial charge in [-0.3, -0.25) is 4.79 Å². The number of hydrogen-bond acceptors (Lipinski definition) is 4. The van der Waals surface area contributed by atoms with E-state index in [4.69, 9.17) is 14.2 Å². The van der Waals surface area contributed by atoms with Crippen molar-refractivity contribution in [2.75, 3.05) is 13.2 Å². The van der Waals surface area contributed by atoms with Crippen LogP contribution in [0.5, 0.6) is 11.5 Å². The Morgan fingerprint density at radius 1 is 0.913 bits per heavy atom. The van der Waals surface area contributed by atoms with Crippen molar-refractivity contribution in [3.63, 3.8) is 0 Å². The van der Waals surface area contributed by atoms with Crippen molar-refractivity contribution in [3.8, 4) is 11.5 Å². The van der Waals surface area contributed by atoms with Crippen molar-refractivity contribution in [1.82, 2.24) is 0 Å². The van der Waals surface area contributed by atoms with Gasteiger partial charge in [0.25, 0.3) is 0 Å². The van der Waals surface area contributed by atoms with Crippen LogP contribution in [0.15, 0.2) is 67.3 Å². The molecule has 0 N–H and O–H groups in total. The zero-order valence-electron chi connectivity index (χ0n) is 12.9. The molecular weight excluding hydrogens is 292 g/mol. The van der Waals surface area contributed by atoms with Gasteiger partial charge in [0, 0.05) is 0 Å². The molecule has 0 bridgehead atoms. The quantitative estimate of drug-likeness (QED) is 0.402. The third-order valence-corrected chi connectivity index (χ3v) is 3.00. The van der Waals surface area contributed by atoms with E-state index in [-0.39, 0.29) is 19.0 Å². The number of esters is 1. The van der Waals surface area contributed by atoms with Gasteiger partial charge in [-0.2, -0.15) is 0 Å². The summed E-state index contributed by atoms with van der Waals surface area (Å²) in [6, 6.07) is 17.3. The molecule has 2 aromatic carbocycles. The van der Waals surface area contributed by atoms with Gasteiger partial charge in [-0.1, -0.05) is 36.4 Å². The second kappa shape index (κ2) is 9.30. The van der Waals surface area contributed by atoms with Gasteiger partial charge in [0.1, 0.15) is 31.3 Å². The van der Waals surface area contributed by atoms with E-state index in [9.17, 15) is 4.79 Å². The lowest BCUT2D eigenvalue weighted by Gasteiger charge is -2.09. The largest absolute Gasteiger partial charge is 0.490 e. The highest BCUT2D eigenvalue weighted by atomic mass is 16.6. The zero-order chi connectivity index (χ0) is 16.3. The number of rotatable bonds is 9. The summed E-state index contributed by atoms with van der Waals surface area (Å²) in [5.41, 5.74) is 1.12. The van der Waals surface area contributed by atoms with Gasteiger partial charge < -0.3 is 14.2 Å². The molecule has 0 amide bonds. The highest BCUT2D eigenvalue weighted by Crippen LogP contribution is 2.18. The minimum Gasteiger partial charge on any atom is -0.490 e. The van der Waals surface area contributed by atoms with E-state index in [2.05, 4.69) is 6.58 Å². The predicted octanol–water partition coefficient (Wildman–Crippen LogP) is 3.76. The van der Waals surface area contributed by atoms with Gasteiger partial charge >= 0.3 is 5.97 Å². The van der Waals surface area contributed by atoms with E-state index in [1.54, 1.807) is 0 Å². The molecule has 0 fully saturated rings. The van der Waals surface area contributed by atoms with Crippen molar-refractivity contribution in [3.05, 3.63) is 72.8 Å². The molecular formula is C19H20O4. The van der Waals surface area contributed by atoms with E-state index in [1.165, 1.54) is 6.08 Å². The molecule has 23 heavy (non-hydrogen) atoms. The number of carbonyl (C=O) groups is 1. The number of benzene rings is 2. The zero-order valence-corrected chi connectivity index (χ0v) is 12.9. The van der Waals surface area contributed by atoms with Crippen LogP contribution in [0, 0.1) is 0 Å². The van der Waals surface area contributed by atoms with Crippen molar-refractivity contribution >= 4 is 5.97 Å². The van der Waals surface area contributed by atoms with Crippen molar-refractivity contribution in [1.29, 1.82) is 0 Å². The molecule has 4 nitrogen and oxygen atoms in total. The SMILES string of the molecule is C=CCC(=O)OCCOc1ccc(OCc2ccccc2)cc1. The summed E-state index contributed by atoms with van der Waals surface area (Å²) >= 11 is 0. The first kappa shape index (κ1) is 16.6. The van der Waals surface area contributed by atoms with Gasteiger partial charge in [0.05, 0.1) is 6.42 Å². The summed E-state index contributed by atoms with van der Waals surface area (Å²) < 4.78 is 16.1. The predicted molar refractivity (Wildman–Crippen MR) is 88.5 cm³/mol. The Hall–Kier alpha value is -2.75. The van der Waals surface area contributed by atoms with E-state index in [1.807, 2.05) is 54.6 Å². The Bertz CT molecular complexity index is 605. The molecule has 120 valence electrons. The fourth-order valence-corrected chi connectivity index (χ4v) is 1.86. The van der Waals surface area contributed by atoms with Crippen molar-refractivity contribution < 1.29 is 19.0 Å². The molecule has 0 aliphatic rings. The molecule has 0 saturated carbocycles. The average molecular weight is 312 g/mol. The van der Waals surface area contributed by atoms with Crippen LogP contribution < -0.4 is 9.47 Å². The lowest BCUT2D eigenvalue weighted by molar-refractivity contribution is -0.143. The van der Waals surface area contributed by atoms with E-state index < -0.39 is 0 Å². The van der Waals surface area contributed by atoms with E-state index in [0.29, 0.717) is 19.0 Å². The summed E-state index contributed by atoms with van der Waals surface area (Å²) in [6.07, 6.45) is 1.73. The lowest BCUT2D eigenvalue weighted by Crippen LogP contribution is -2.11. The minimum absolute atomic E-state index is 0.216. The summed E-state index contributed by atoms with van der Waals surface area (Å²) in [5.74, 6) is 1.18. The maximum Gasteiger partial charge on any atom is 0.309 e. The molecule has 2 aromatic rings. The molecule has 0 aromatic heterocycles. The van der Waals surface area contributed by atoms with Gasteiger partial charge in [0.15, 0.2) is 0 Å². The van der Waals surface area contributed by atoms with Crippen LogP contribution in [-0.4, -0.2) is 19.2 Å². The molecule has 0 aliphatic heterocycles. The number of carbonyl (C=O) groups excluding carboxylic acids is 1. The third kappa shape index (κ3) is 6.26. The van der Waals surface area contributed by atoms with Gasteiger partial charge in [-0.25, -0.2) is 0 Å². The fraction of sp³-hybridized carbons (Fsp3) is 0.211. The van der Waals surface area contributed by atoms with Gasteiger partial charge in [-0.15, -0.1) is 6.58 Å². The lowest BCUT2D eigenvalue weighted by atomic mass is 10.2. The molecule has 2 rings (SSSR count). The van der Waals surface area contributed by atoms with Crippen LogP contribution in [0.25, 0.3) is 0 Å². The first-order valence-electron chi connectivity index (χ1n) is 7.44. The summed E-state index contributed by atoms with van der Waals surface area (Å²) in [4.78, 5) is 11.1. The fourth-order valence-electron chi connectivity index (χ4n) is 1.86. The number of hydrogen-bond donors (Lipinski definition) is 0. The Morgan fingerprint density at radius 3 is 2.22 bits per heavy atom. The van der Waals surface area contributed by atoms with E-state index >= 15 is 0 Å². The topological polar surface area (TPSA) is 44.8 Å². The highest BCUT2D eigenvalue weighted by molar-refractivity contribution is 5.70. The van der Waals surface area contributed by atoms with Crippen LogP contribution in [0.4, 0.5) is 0 Å². The summed E-state index contributed by atoms with van der Waals surface area (Å²) in [5, 5.41) is 0. The normalized spacial score (nSPS) is 9.91. The van der Waals surface area contributed by atoms with Gasteiger partial charge in [0.2, 0.25) is 0 Å². The average Bonchev–Trinajstić information content (AvgIpc) is 2.59. The minimum atomic E-state index is -0.298. The second-order valence-electron chi connectivity index (χ2n) is 4.81. The third-order valence-electron chi connectivity index (χ3n) is 3.00.